The van der Waals surface area contributed by atoms with Crippen molar-refractivity contribution in [2.45, 2.75) is 85.2 Å². The number of allylic oxidation sites excluding steroid dienone is 2. The third-order valence-electron chi connectivity index (χ3n) is 5.69. The van der Waals surface area contributed by atoms with Gasteiger partial charge in [-0.05, 0) is 84.5 Å². The molecule has 2 aliphatic rings. The first-order chi connectivity index (χ1) is 12.5. The van der Waals surface area contributed by atoms with Crippen LogP contribution in [0.5, 0.6) is 0 Å². The molecule has 1 fully saturated rings. The summed E-state index contributed by atoms with van der Waals surface area (Å²) in [6.07, 6.45) is 9.25. The topological polar surface area (TPSA) is 45.5 Å². The molecule has 0 saturated heterocycles. The average molecular weight is 381 g/mol. The van der Waals surface area contributed by atoms with Crippen molar-refractivity contribution in [3.05, 3.63) is 11.6 Å². The van der Waals surface area contributed by atoms with E-state index in [1.54, 1.807) is 5.57 Å². The van der Waals surface area contributed by atoms with E-state index >= 15 is 0 Å². The molecule has 0 aliphatic heterocycles. The fraction of sp³-hybridized carbons (Fsp3) is 0.857. The van der Waals surface area contributed by atoms with Crippen molar-refractivity contribution < 1.29 is 9.05 Å². The smallest absolute Gasteiger partial charge is 0.259 e. The summed E-state index contributed by atoms with van der Waals surface area (Å²) < 4.78 is 14.6. The first kappa shape index (κ1) is 21.8. The van der Waals surface area contributed by atoms with Crippen LogP contribution in [0.2, 0.25) is 0 Å². The Morgan fingerprint density at radius 2 is 1.81 bits per heavy atom. The SMILES string of the molecule is C/C1=C/CC[C@@H]2[C@@H](CCOP(OCCC#N)N(C(C)C)C(C)C)[C@@H]2CC1. The molecule has 2 aliphatic carbocycles. The van der Waals surface area contributed by atoms with Gasteiger partial charge in [0.05, 0.1) is 25.7 Å². The summed E-state index contributed by atoms with van der Waals surface area (Å²) in [5.74, 6) is 2.68. The summed E-state index contributed by atoms with van der Waals surface area (Å²) in [5, 5.41) is 8.79. The van der Waals surface area contributed by atoms with Crippen LogP contribution in [0.15, 0.2) is 11.6 Å². The lowest BCUT2D eigenvalue weighted by atomic mass is 10.0. The van der Waals surface area contributed by atoms with Gasteiger partial charge in [0.2, 0.25) is 0 Å². The van der Waals surface area contributed by atoms with Gasteiger partial charge in [0.15, 0.2) is 0 Å². The lowest BCUT2D eigenvalue weighted by molar-refractivity contribution is 0.172. The van der Waals surface area contributed by atoms with Gasteiger partial charge in [0, 0.05) is 12.1 Å². The second-order valence-electron chi connectivity index (χ2n) is 8.33. The Labute approximate surface area is 161 Å². The van der Waals surface area contributed by atoms with Gasteiger partial charge in [-0.2, -0.15) is 5.26 Å². The van der Waals surface area contributed by atoms with Crippen molar-refractivity contribution in [3.8, 4) is 6.07 Å². The highest BCUT2D eigenvalue weighted by molar-refractivity contribution is 7.44. The van der Waals surface area contributed by atoms with Crippen LogP contribution in [0.4, 0.5) is 0 Å². The van der Waals surface area contributed by atoms with E-state index in [1.807, 2.05) is 0 Å². The zero-order chi connectivity index (χ0) is 19.1. The minimum Gasteiger partial charge on any atom is -0.322 e. The van der Waals surface area contributed by atoms with E-state index in [-0.39, 0.29) is 0 Å². The van der Waals surface area contributed by atoms with E-state index in [2.05, 4.69) is 51.4 Å². The number of hydrogen-bond donors (Lipinski definition) is 0. The van der Waals surface area contributed by atoms with Crippen LogP contribution in [-0.4, -0.2) is 30.0 Å². The van der Waals surface area contributed by atoms with Gasteiger partial charge >= 0.3 is 0 Å². The fourth-order valence-corrected chi connectivity index (χ4v) is 6.01. The van der Waals surface area contributed by atoms with Crippen molar-refractivity contribution in [1.29, 1.82) is 5.26 Å². The number of rotatable bonds is 10. The third kappa shape index (κ3) is 6.31. The van der Waals surface area contributed by atoms with E-state index in [9.17, 15) is 0 Å². The van der Waals surface area contributed by atoms with Crippen molar-refractivity contribution in [2.75, 3.05) is 13.2 Å². The van der Waals surface area contributed by atoms with Crippen LogP contribution in [0.1, 0.15) is 73.1 Å². The number of nitriles is 1. The van der Waals surface area contributed by atoms with Gasteiger partial charge in [-0.3, -0.25) is 0 Å². The minimum atomic E-state index is -1.08. The maximum absolute atomic E-state index is 8.79. The van der Waals surface area contributed by atoms with Crippen LogP contribution < -0.4 is 0 Å². The molecular weight excluding hydrogens is 343 g/mol. The van der Waals surface area contributed by atoms with Crippen LogP contribution in [-0.2, 0) is 9.05 Å². The van der Waals surface area contributed by atoms with Gasteiger partial charge < -0.3 is 9.05 Å². The first-order valence-corrected chi connectivity index (χ1v) is 11.5. The minimum absolute atomic E-state index is 0.368. The zero-order valence-corrected chi connectivity index (χ0v) is 18.2. The van der Waals surface area contributed by atoms with E-state index in [4.69, 9.17) is 14.3 Å². The van der Waals surface area contributed by atoms with Gasteiger partial charge in [0.25, 0.3) is 8.53 Å². The van der Waals surface area contributed by atoms with Crippen LogP contribution in [0.3, 0.4) is 0 Å². The molecule has 0 bridgehead atoms. The monoisotopic (exact) mass is 380 g/mol. The molecule has 0 amide bonds. The van der Waals surface area contributed by atoms with E-state index in [0.29, 0.717) is 25.1 Å². The Balaban J connectivity index is 1.82. The van der Waals surface area contributed by atoms with Gasteiger partial charge in [0.1, 0.15) is 0 Å². The Morgan fingerprint density at radius 3 is 2.46 bits per heavy atom. The van der Waals surface area contributed by atoms with E-state index in [1.165, 1.54) is 25.7 Å². The summed E-state index contributed by atoms with van der Waals surface area (Å²) in [4.78, 5) is 0. The summed E-state index contributed by atoms with van der Waals surface area (Å²) in [6.45, 7) is 12.2. The number of nitrogens with zero attached hydrogens (tertiary/aromatic N) is 2. The Morgan fingerprint density at radius 1 is 1.15 bits per heavy atom. The summed E-state index contributed by atoms with van der Waals surface area (Å²) >= 11 is 0. The molecule has 0 aromatic rings. The molecule has 1 unspecified atom stereocenters. The zero-order valence-electron chi connectivity index (χ0n) is 17.3. The molecule has 148 valence electrons. The predicted molar refractivity (Wildman–Crippen MR) is 108 cm³/mol. The Kier molecular flexibility index (Phi) is 9.04. The van der Waals surface area contributed by atoms with Gasteiger partial charge in [-0.25, -0.2) is 4.67 Å². The molecule has 0 spiro atoms. The maximum atomic E-state index is 8.79. The fourth-order valence-electron chi connectivity index (χ4n) is 4.41. The normalized spacial score (nSPS) is 28.9. The molecular formula is C21H37N2O2P. The van der Waals surface area contributed by atoms with Crippen molar-refractivity contribution in [1.82, 2.24) is 4.67 Å². The second kappa shape index (κ2) is 10.8. The predicted octanol–water partition coefficient (Wildman–Crippen LogP) is 6.05. The molecule has 0 aromatic heterocycles. The second-order valence-corrected chi connectivity index (χ2v) is 9.78. The number of fused-ring (bicyclic) bond motifs is 1. The summed E-state index contributed by atoms with van der Waals surface area (Å²) in [7, 11) is -1.08. The highest BCUT2D eigenvalue weighted by Gasteiger charge is 2.48. The Bertz CT molecular complexity index is 493. The molecule has 4 atom stereocenters. The number of hydrogen-bond acceptors (Lipinski definition) is 4. The molecule has 0 radical (unpaired) electrons. The van der Waals surface area contributed by atoms with E-state index in [0.717, 1.165) is 30.8 Å². The molecule has 2 rings (SSSR count). The van der Waals surface area contributed by atoms with E-state index < -0.39 is 8.53 Å². The third-order valence-corrected chi connectivity index (χ3v) is 7.80. The lowest BCUT2D eigenvalue weighted by Crippen LogP contribution is -2.33. The summed E-state index contributed by atoms with van der Waals surface area (Å²) in [6, 6.07) is 2.90. The average Bonchev–Trinajstić information content (AvgIpc) is 3.20. The largest absolute Gasteiger partial charge is 0.322 e. The van der Waals surface area contributed by atoms with Gasteiger partial charge in [-0.1, -0.05) is 11.6 Å². The van der Waals surface area contributed by atoms with Crippen LogP contribution >= 0.6 is 8.53 Å². The molecule has 0 N–H and O–H groups in total. The van der Waals surface area contributed by atoms with Crippen molar-refractivity contribution in [2.24, 2.45) is 17.8 Å². The van der Waals surface area contributed by atoms with Crippen LogP contribution in [0, 0.1) is 29.1 Å². The quantitative estimate of drug-likeness (QED) is 0.263. The van der Waals surface area contributed by atoms with Gasteiger partial charge in [-0.15, -0.1) is 0 Å². The molecule has 5 heteroatoms. The van der Waals surface area contributed by atoms with Crippen LogP contribution in [0.25, 0.3) is 0 Å². The molecule has 0 aromatic carbocycles. The maximum Gasteiger partial charge on any atom is 0.259 e. The summed E-state index contributed by atoms with van der Waals surface area (Å²) in [5.41, 5.74) is 1.57. The molecule has 26 heavy (non-hydrogen) atoms. The molecule has 4 nitrogen and oxygen atoms in total. The standard InChI is InChI=1S/C21H37N2O2P/c1-16(2)23(17(3)4)26(24-14-7-13-22)25-15-12-21-19-9-6-8-18(5)10-11-20(19)21/h8,16-17,19-21H,6-7,9-12,14-15H2,1-5H3/b18-8-/t19-,20+,21+,26?/m0/s1. The molecule has 0 heterocycles. The molecule has 1 saturated carbocycles. The van der Waals surface area contributed by atoms with Crippen molar-refractivity contribution >= 4 is 8.53 Å². The highest BCUT2D eigenvalue weighted by Crippen LogP contribution is 2.56. The van der Waals surface area contributed by atoms with Crippen molar-refractivity contribution in [3.63, 3.8) is 0 Å². The first-order valence-electron chi connectivity index (χ1n) is 10.3. The highest BCUT2D eigenvalue weighted by atomic mass is 31.2. The lowest BCUT2D eigenvalue weighted by Gasteiger charge is -2.35. The Hall–Kier alpha value is -0.460.